The van der Waals surface area contributed by atoms with Crippen LogP contribution >= 0.6 is 0 Å². The van der Waals surface area contributed by atoms with E-state index in [2.05, 4.69) is 0 Å². The summed E-state index contributed by atoms with van der Waals surface area (Å²) in [7, 11) is 4.61. The lowest BCUT2D eigenvalue weighted by atomic mass is 9.81. The number of Topliss-reactive ketones (excluding diaryl/α,β-unsaturated/α-hetero) is 2. The van der Waals surface area contributed by atoms with Gasteiger partial charge in [-0.1, -0.05) is 45.4 Å². The molecular formula is C45H73NO13. The third-order valence-electron chi connectivity index (χ3n) is 13.3. The van der Waals surface area contributed by atoms with E-state index in [1.807, 2.05) is 39.8 Å². The summed E-state index contributed by atoms with van der Waals surface area (Å²) in [5.41, 5.74) is 1.62. The molecule has 2 saturated heterocycles. The Morgan fingerprint density at radius 2 is 1.56 bits per heavy atom. The van der Waals surface area contributed by atoms with Crippen LogP contribution in [0, 0.1) is 29.6 Å². The number of esters is 1. The molecule has 336 valence electrons. The molecule has 3 fully saturated rings. The molecule has 0 spiro atoms. The van der Waals surface area contributed by atoms with Gasteiger partial charge in [0.1, 0.15) is 30.3 Å². The highest BCUT2D eigenvalue weighted by Crippen LogP contribution is 2.40. The second-order valence-electron chi connectivity index (χ2n) is 17.7. The van der Waals surface area contributed by atoms with Gasteiger partial charge < -0.3 is 43.7 Å². The third-order valence-corrected chi connectivity index (χ3v) is 13.3. The number of nitrogens with zero attached hydrogens (tertiary/aromatic N) is 1. The third kappa shape index (κ3) is 11.7. The minimum Gasteiger partial charge on any atom is -0.456 e. The molecule has 1 amide bonds. The smallest absolute Gasteiger partial charge is 0.329 e. The van der Waals surface area contributed by atoms with Crippen molar-refractivity contribution in [3.63, 3.8) is 0 Å². The first-order valence-electron chi connectivity index (χ1n) is 21.9. The molecule has 14 heteroatoms. The average molecular weight is 836 g/mol. The molecule has 4 aliphatic rings. The van der Waals surface area contributed by atoms with Crippen LogP contribution in [0.15, 0.2) is 23.3 Å². The Kier molecular flexibility index (Phi) is 18.3. The van der Waals surface area contributed by atoms with Crippen LogP contribution in [0.2, 0.25) is 0 Å². The fourth-order valence-corrected chi connectivity index (χ4v) is 9.78. The van der Waals surface area contributed by atoms with E-state index < -0.39 is 90.1 Å². The van der Waals surface area contributed by atoms with E-state index in [-0.39, 0.29) is 49.6 Å². The van der Waals surface area contributed by atoms with Crippen LogP contribution in [0.1, 0.15) is 119 Å². The maximum atomic E-state index is 14.6. The zero-order chi connectivity index (χ0) is 43.8. The van der Waals surface area contributed by atoms with E-state index >= 15 is 0 Å². The molecule has 2 unspecified atom stereocenters. The van der Waals surface area contributed by atoms with Gasteiger partial charge in [-0.3, -0.25) is 19.3 Å². The van der Waals surface area contributed by atoms with E-state index in [0.717, 1.165) is 10.5 Å². The first kappa shape index (κ1) is 49.1. The van der Waals surface area contributed by atoms with E-state index in [9.17, 15) is 34.5 Å². The number of piperidine rings is 1. The maximum Gasteiger partial charge on any atom is 0.329 e. The summed E-state index contributed by atoms with van der Waals surface area (Å²) in [6.45, 7) is 13.0. The first-order valence-corrected chi connectivity index (χ1v) is 21.9. The van der Waals surface area contributed by atoms with E-state index in [1.165, 1.54) is 14.2 Å². The number of rotatable bonds is 8. The summed E-state index contributed by atoms with van der Waals surface area (Å²) >= 11 is 0. The molecule has 1 saturated carbocycles. The molecule has 3 aliphatic heterocycles. The fraction of sp³-hybridized carbons (Fsp3) is 0.822. The number of allylic oxidation sites excluding steroid dienone is 3. The van der Waals surface area contributed by atoms with Gasteiger partial charge in [0.15, 0.2) is 0 Å². The lowest BCUT2D eigenvalue weighted by Gasteiger charge is -2.47. The minimum atomic E-state index is -2.57. The molecule has 2 bridgehead atoms. The topological polar surface area (TPSA) is 188 Å². The molecule has 0 radical (unpaired) electrons. The summed E-state index contributed by atoms with van der Waals surface area (Å²) in [5.74, 6) is -7.97. The van der Waals surface area contributed by atoms with Crippen LogP contribution in [0.3, 0.4) is 0 Å². The van der Waals surface area contributed by atoms with Crippen molar-refractivity contribution in [3.8, 4) is 0 Å². The normalized spacial score (nSPS) is 41.3. The van der Waals surface area contributed by atoms with Crippen molar-refractivity contribution in [1.82, 2.24) is 4.90 Å². The molecule has 1 aliphatic carbocycles. The summed E-state index contributed by atoms with van der Waals surface area (Å²) in [4.78, 5) is 58.6. The highest BCUT2D eigenvalue weighted by Gasteiger charge is 2.57. The number of hydrogen-bond donors (Lipinski definition) is 3. The van der Waals surface area contributed by atoms with Crippen molar-refractivity contribution >= 4 is 23.4 Å². The van der Waals surface area contributed by atoms with Gasteiger partial charge in [0.05, 0.1) is 30.5 Å². The van der Waals surface area contributed by atoms with Gasteiger partial charge >= 0.3 is 5.97 Å². The quantitative estimate of drug-likeness (QED) is 0.172. The number of aliphatic hydroxyl groups is 3. The fourth-order valence-electron chi connectivity index (χ4n) is 9.78. The van der Waals surface area contributed by atoms with Crippen LogP contribution in [0.4, 0.5) is 0 Å². The van der Waals surface area contributed by atoms with Gasteiger partial charge in [-0.25, -0.2) is 4.79 Å². The minimum absolute atomic E-state index is 0.0146. The van der Waals surface area contributed by atoms with E-state index in [1.54, 1.807) is 27.9 Å². The Labute approximate surface area is 351 Å². The highest BCUT2D eigenvalue weighted by molar-refractivity contribution is 6.39. The second kappa shape index (κ2) is 22.0. The van der Waals surface area contributed by atoms with Crippen molar-refractivity contribution in [3.05, 3.63) is 23.3 Å². The lowest BCUT2D eigenvalue weighted by molar-refractivity contribution is -0.303. The summed E-state index contributed by atoms with van der Waals surface area (Å²) in [5, 5.41) is 34.4. The number of fused-ring (bicyclic) bond motifs is 3. The van der Waals surface area contributed by atoms with Crippen LogP contribution in [0.25, 0.3) is 0 Å². The number of carbonyl (C=O) groups is 4. The average Bonchev–Trinajstić information content (AvgIpc) is 3.21. The molecule has 0 aromatic heterocycles. The van der Waals surface area contributed by atoms with Gasteiger partial charge in [-0.2, -0.15) is 0 Å². The zero-order valence-corrected chi connectivity index (χ0v) is 37.1. The second-order valence-corrected chi connectivity index (χ2v) is 17.7. The monoisotopic (exact) mass is 836 g/mol. The lowest BCUT2D eigenvalue weighted by Crippen LogP contribution is -2.65. The van der Waals surface area contributed by atoms with Gasteiger partial charge in [-0.05, 0) is 102 Å². The Morgan fingerprint density at radius 3 is 2.19 bits per heavy atom. The number of amides is 1. The molecule has 0 aromatic rings. The number of cyclic esters (lactones) is 1. The maximum absolute atomic E-state index is 14.6. The van der Waals surface area contributed by atoms with Crippen molar-refractivity contribution in [2.24, 2.45) is 29.6 Å². The summed E-state index contributed by atoms with van der Waals surface area (Å²) < 4.78 is 35.9. The zero-order valence-electron chi connectivity index (χ0n) is 37.1. The largest absolute Gasteiger partial charge is 0.456 e. The standard InChI is InChI=1S/C45H73NO13/c1-11-31-19-25(3)18-26(4)20-37(55-9)41-38(56-10)22-28(6)45(53,59-41)42(50)43(51)46-32(14-13-15-39(46)57-12-2)44(52)58-40(29(7)34(48)24-35(31)49)27(5)21-30-16-17-33(47)36(23-30)54-8/h19,21,26,28-34,36-41,47-48,53H,11-18,20,22-24H2,1-10H3/b25-19+,27-21+/t26-,28+,29+,30-,31+,32-,33+,34-,36+,37?,38-,39-,40?,41+,45+/m0/s1. The van der Waals surface area contributed by atoms with Crippen molar-refractivity contribution in [2.75, 3.05) is 27.9 Å². The van der Waals surface area contributed by atoms with Gasteiger partial charge in [0.25, 0.3) is 11.7 Å². The molecule has 4 rings (SSSR count). The predicted octanol–water partition coefficient (Wildman–Crippen LogP) is 4.84. The Bertz CT molecular complexity index is 1500. The molecule has 14 nitrogen and oxygen atoms in total. The number of aliphatic hydroxyl groups excluding tert-OH is 2. The highest BCUT2D eigenvalue weighted by atomic mass is 16.7. The van der Waals surface area contributed by atoms with E-state index in [0.29, 0.717) is 56.9 Å². The summed E-state index contributed by atoms with van der Waals surface area (Å²) in [6.07, 6.45) is 1.96. The summed E-state index contributed by atoms with van der Waals surface area (Å²) in [6, 6.07) is -1.27. The molecule has 0 aromatic carbocycles. The number of ketones is 2. The van der Waals surface area contributed by atoms with Gasteiger partial charge in [0.2, 0.25) is 5.79 Å². The number of methoxy groups -OCH3 is 3. The van der Waals surface area contributed by atoms with E-state index in [4.69, 9.17) is 28.4 Å². The van der Waals surface area contributed by atoms with Gasteiger partial charge in [-0.15, -0.1) is 0 Å². The van der Waals surface area contributed by atoms with Crippen molar-refractivity contribution < 1.29 is 62.9 Å². The van der Waals surface area contributed by atoms with Crippen LogP contribution in [-0.4, -0.2) is 132 Å². The Balaban J connectivity index is 1.82. The molecular weight excluding hydrogens is 762 g/mol. The molecule has 15 atom stereocenters. The Hall–Kier alpha value is -2.56. The SMILES string of the molecule is CCO[C@H]1CCC[C@H]2C(=O)OC(/C(C)=C/[C@@H]3CC[C@@H](O)[C@H](OC)C3)[C@H](C)[C@@H](O)CC(=O)[C@H](CC)/C=C(\C)C[C@H](C)CC(OC)[C@H]3O[C@@](O)(C(=O)C(=O)N12)[C@H](C)C[C@@H]3OC. The molecule has 59 heavy (non-hydrogen) atoms. The molecule has 3 heterocycles. The van der Waals surface area contributed by atoms with Crippen LogP contribution < -0.4 is 0 Å². The van der Waals surface area contributed by atoms with Crippen LogP contribution in [-0.2, 0) is 47.6 Å². The molecule has 3 N–H and O–H groups in total. The van der Waals surface area contributed by atoms with Gasteiger partial charge in [0, 0.05) is 52.1 Å². The van der Waals surface area contributed by atoms with Crippen molar-refractivity contribution in [1.29, 1.82) is 0 Å². The first-order chi connectivity index (χ1) is 27.9. The van der Waals surface area contributed by atoms with Crippen LogP contribution in [0.5, 0.6) is 0 Å². The number of carbonyl (C=O) groups excluding carboxylic acids is 4. The number of ether oxygens (including phenoxy) is 6. The van der Waals surface area contributed by atoms with Crippen molar-refractivity contribution in [2.45, 2.75) is 180 Å². The Morgan fingerprint density at radius 1 is 0.898 bits per heavy atom. The number of hydrogen-bond acceptors (Lipinski definition) is 13. The predicted molar refractivity (Wildman–Crippen MR) is 219 cm³/mol.